The van der Waals surface area contributed by atoms with Gasteiger partial charge in [0.2, 0.25) is 0 Å². The van der Waals surface area contributed by atoms with E-state index in [2.05, 4.69) is 6.92 Å². The first kappa shape index (κ1) is 13.6. The Hall–Kier alpha value is -1.35. The van der Waals surface area contributed by atoms with Crippen LogP contribution in [0.1, 0.15) is 50.9 Å². The van der Waals surface area contributed by atoms with Gasteiger partial charge in [0.05, 0.1) is 0 Å². The number of para-hydroxylation sites is 1. The third-order valence-electron chi connectivity index (χ3n) is 4.72. The number of aliphatic hydroxyl groups excluding tert-OH is 1. The number of hydrogen-bond acceptors (Lipinski definition) is 2. The van der Waals surface area contributed by atoms with Gasteiger partial charge in [0, 0.05) is 5.39 Å². The van der Waals surface area contributed by atoms with Crippen LogP contribution in [0.4, 0.5) is 4.39 Å². The smallest absolute Gasteiger partial charge is 0.170 e. The Morgan fingerprint density at radius 1 is 1.30 bits per heavy atom. The van der Waals surface area contributed by atoms with Crippen LogP contribution in [-0.2, 0) is 0 Å². The Morgan fingerprint density at radius 3 is 2.70 bits per heavy atom. The van der Waals surface area contributed by atoms with Crippen molar-refractivity contribution >= 4 is 11.0 Å². The van der Waals surface area contributed by atoms with Crippen LogP contribution >= 0.6 is 0 Å². The fourth-order valence-corrected chi connectivity index (χ4v) is 3.34. The van der Waals surface area contributed by atoms with E-state index < -0.39 is 6.10 Å². The molecule has 108 valence electrons. The number of rotatable bonds is 3. The van der Waals surface area contributed by atoms with E-state index in [4.69, 9.17) is 4.42 Å². The lowest BCUT2D eigenvalue weighted by Crippen LogP contribution is -2.19. The minimum atomic E-state index is -0.611. The van der Waals surface area contributed by atoms with Gasteiger partial charge in [-0.3, -0.25) is 0 Å². The summed E-state index contributed by atoms with van der Waals surface area (Å²) in [5.74, 6) is 1.17. The standard InChI is InChI=1S/C17H21FO2/c1-2-11-6-8-12(9-7-11)16(19)15-10-13-4-3-5-14(18)17(13)20-15/h3-5,10-12,16,19H,2,6-9H2,1H3. The van der Waals surface area contributed by atoms with E-state index in [-0.39, 0.29) is 17.3 Å². The van der Waals surface area contributed by atoms with Crippen molar-refractivity contribution in [2.24, 2.45) is 11.8 Å². The average Bonchev–Trinajstić information content (AvgIpc) is 2.92. The van der Waals surface area contributed by atoms with E-state index in [0.29, 0.717) is 5.76 Å². The molecule has 20 heavy (non-hydrogen) atoms. The predicted molar refractivity (Wildman–Crippen MR) is 76.9 cm³/mol. The molecule has 0 radical (unpaired) electrons. The Kier molecular flexibility index (Phi) is 3.79. The zero-order valence-electron chi connectivity index (χ0n) is 11.8. The summed E-state index contributed by atoms with van der Waals surface area (Å²) in [6.45, 7) is 2.23. The molecule has 3 heteroatoms. The lowest BCUT2D eigenvalue weighted by molar-refractivity contribution is 0.0565. The van der Waals surface area contributed by atoms with Crippen LogP contribution in [-0.4, -0.2) is 5.11 Å². The van der Waals surface area contributed by atoms with Crippen LogP contribution < -0.4 is 0 Å². The number of aliphatic hydroxyl groups is 1. The van der Waals surface area contributed by atoms with E-state index >= 15 is 0 Å². The maximum absolute atomic E-state index is 13.6. The normalized spacial score (nSPS) is 24.9. The highest BCUT2D eigenvalue weighted by atomic mass is 19.1. The summed E-state index contributed by atoms with van der Waals surface area (Å²) in [6, 6.07) is 6.63. The van der Waals surface area contributed by atoms with Crippen LogP contribution in [0.25, 0.3) is 11.0 Å². The second-order valence-corrected chi connectivity index (χ2v) is 5.94. The van der Waals surface area contributed by atoms with E-state index in [0.717, 1.165) is 24.1 Å². The average molecular weight is 276 g/mol. The van der Waals surface area contributed by atoms with Crippen LogP contribution in [0, 0.1) is 17.7 Å². The van der Waals surface area contributed by atoms with Gasteiger partial charge >= 0.3 is 0 Å². The van der Waals surface area contributed by atoms with Gasteiger partial charge < -0.3 is 9.52 Å². The van der Waals surface area contributed by atoms with E-state index in [1.165, 1.54) is 25.3 Å². The molecule has 3 rings (SSSR count). The molecule has 1 unspecified atom stereocenters. The predicted octanol–water partition coefficient (Wildman–Crippen LogP) is 4.82. The molecule has 2 aromatic rings. The number of hydrogen-bond donors (Lipinski definition) is 1. The second kappa shape index (κ2) is 5.57. The molecular formula is C17H21FO2. The molecular weight excluding hydrogens is 255 g/mol. The molecule has 2 nitrogen and oxygen atoms in total. The fourth-order valence-electron chi connectivity index (χ4n) is 3.34. The summed E-state index contributed by atoms with van der Waals surface area (Å²) < 4.78 is 19.2. The highest BCUT2D eigenvalue weighted by molar-refractivity contribution is 5.78. The molecule has 1 aliphatic carbocycles. The molecule has 0 spiro atoms. The van der Waals surface area contributed by atoms with Crippen LogP contribution in [0.3, 0.4) is 0 Å². The zero-order valence-corrected chi connectivity index (χ0v) is 11.8. The van der Waals surface area contributed by atoms with Gasteiger partial charge in [-0.15, -0.1) is 0 Å². The number of benzene rings is 1. The van der Waals surface area contributed by atoms with Crippen molar-refractivity contribution in [1.29, 1.82) is 0 Å². The van der Waals surface area contributed by atoms with Gasteiger partial charge in [-0.25, -0.2) is 4.39 Å². The number of fused-ring (bicyclic) bond motifs is 1. The molecule has 1 N–H and O–H groups in total. The third kappa shape index (κ3) is 2.47. The summed E-state index contributed by atoms with van der Waals surface area (Å²) in [5.41, 5.74) is 0.254. The Morgan fingerprint density at radius 2 is 2.05 bits per heavy atom. The molecule has 1 heterocycles. The van der Waals surface area contributed by atoms with Crippen LogP contribution in [0.2, 0.25) is 0 Å². The van der Waals surface area contributed by atoms with E-state index in [1.54, 1.807) is 12.1 Å². The van der Waals surface area contributed by atoms with Gasteiger partial charge in [0.25, 0.3) is 0 Å². The zero-order chi connectivity index (χ0) is 14.1. The van der Waals surface area contributed by atoms with Crippen molar-refractivity contribution in [1.82, 2.24) is 0 Å². The maximum atomic E-state index is 13.6. The topological polar surface area (TPSA) is 33.4 Å². The van der Waals surface area contributed by atoms with Crippen molar-refractivity contribution in [2.45, 2.75) is 45.1 Å². The highest BCUT2D eigenvalue weighted by Gasteiger charge is 2.28. The van der Waals surface area contributed by atoms with Gasteiger partial charge in [-0.2, -0.15) is 0 Å². The molecule has 1 fully saturated rings. The van der Waals surface area contributed by atoms with Crippen molar-refractivity contribution in [3.63, 3.8) is 0 Å². The second-order valence-electron chi connectivity index (χ2n) is 5.94. The fraction of sp³-hybridized carbons (Fsp3) is 0.529. The summed E-state index contributed by atoms with van der Waals surface area (Å²) in [7, 11) is 0. The molecule has 1 aliphatic rings. The summed E-state index contributed by atoms with van der Waals surface area (Å²) >= 11 is 0. The lowest BCUT2D eigenvalue weighted by Gasteiger charge is -2.30. The molecule has 0 bridgehead atoms. The molecule has 1 aromatic carbocycles. The van der Waals surface area contributed by atoms with Crippen LogP contribution in [0.5, 0.6) is 0 Å². The number of halogens is 1. The van der Waals surface area contributed by atoms with Gasteiger partial charge in [0.1, 0.15) is 11.9 Å². The van der Waals surface area contributed by atoms with Gasteiger partial charge in [-0.1, -0.05) is 38.3 Å². The monoisotopic (exact) mass is 276 g/mol. The minimum absolute atomic E-state index is 0.237. The third-order valence-corrected chi connectivity index (χ3v) is 4.72. The Labute approximate surface area is 118 Å². The highest BCUT2D eigenvalue weighted by Crippen LogP contribution is 2.39. The Bertz CT molecular complexity index is 582. The van der Waals surface area contributed by atoms with Crippen molar-refractivity contribution < 1.29 is 13.9 Å². The minimum Gasteiger partial charge on any atom is -0.455 e. The molecule has 0 amide bonds. The van der Waals surface area contributed by atoms with Crippen molar-refractivity contribution in [2.75, 3.05) is 0 Å². The maximum Gasteiger partial charge on any atom is 0.170 e. The van der Waals surface area contributed by atoms with E-state index in [9.17, 15) is 9.50 Å². The molecule has 0 saturated heterocycles. The SMILES string of the molecule is CCC1CCC(C(O)c2cc3cccc(F)c3o2)CC1. The van der Waals surface area contributed by atoms with Crippen LogP contribution in [0.15, 0.2) is 28.7 Å². The molecule has 1 aromatic heterocycles. The summed E-state index contributed by atoms with van der Waals surface area (Å²) in [6.07, 6.45) is 5.01. The van der Waals surface area contributed by atoms with Gasteiger partial charge in [0.15, 0.2) is 11.4 Å². The number of furan rings is 1. The molecule has 1 atom stereocenters. The van der Waals surface area contributed by atoms with Crippen molar-refractivity contribution in [3.8, 4) is 0 Å². The summed E-state index contributed by atoms with van der Waals surface area (Å²) in [4.78, 5) is 0. The first-order valence-corrected chi connectivity index (χ1v) is 7.55. The largest absolute Gasteiger partial charge is 0.455 e. The quantitative estimate of drug-likeness (QED) is 0.871. The van der Waals surface area contributed by atoms with Gasteiger partial charge in [-0.05, 0) is 36.8 Å². The first-order valence-electron chi connectivity index (χ1n) is 7.55. The lowest BCUT2D eigenvalue weighted by atomic mass is 9.78. The molecule has 1 saturated carbocycles. The summed E-state index contributed by atoms with van der Waals surface area (Å²) in [5, 5.41) is 11.2. The first-order chi connectivity index (χ1) is 9.69. The van der Waals surface area contributed by atoms with Crippen molar-refractivity contribution in [3.05, 3.63) is 35.8 Å². The Balaban J connectivity index is 1.79. The van der Waals surface area contributed by atoms with E-state index in [1.807, 2.05) is 6.07 Å². The molecule has 0 aliphatic heterocycles.